The molecule has 1 aromatic rings. The highest BCUT2D eigenvalue weighted by molar-refractivity contribution is 5.91. The van der Waals surface area contributed by atoms with Gasteiger partial charge >= 0.3 is 6.09 Å². The monoisotopic (exact) mass is 447 g/mol. The molecule has 2 atom stereocenters. The smallest absolute Gasteiger partial charge is 0.408 e. The van der Waals surface area contributed by atoms with Gasteiger partial charge in [0.25, 0.3) is 0 Å². The number of alkyl carbamates (subject to hydrolysis) is 1. The highest BCUT2D eigenvalue weighted by Gasteiger charge is 2.36. The van der Waals surface area contributed by atoms with Crippen LogP contribution in [-0.4, -0.2) is 46.5 Å². The number of benzene rings is 1. The average Bonchev–Trinajstić information content (AvgIpc) is 2.63. The third-order valence-corrected chi connectivity index (χ3v) is 5.01. The predicted octanol–water partition coefficient (Wildman–Crippen LogP) is 4.41. The normalized spacial score (nSPS) is 13.7. The van der Waals surface area contributed by atoms with Crippen LogP contribution >= 0.6 is 0 Å². The summed E-state index contributed by atoms with van der Waals surface area (Å²) in [5, 5.41) is 5.55. The van der Waals surface area contributed by atoms with Crippen LogP contribution in [0.2, 0.25) is 0 Å². The quantitative estimate of drug-likeness (QED) is 0.648. The Morgan fingerprint density at radius 1 is 1.03 bits per heavy atom. The molecule has 180 valence electrons. The number of hydrogen-bond donors (Lipinski definition) is 2. The Balaban J connectivity index is 3.33. The topological polar surface area (TPSA) is 87.7 Å². The van der Waals surface area contributed by atoms with E-state index in [0.29, 0.717) is 6.42 Å². The van der Waals surface area contributed by atoms with E-state index in [1.54, 1.807) is 25.7 Å². The highest BCUT2D eigenvalue weighted by atomic mass is 16.6. The molecule has 0 spiro atoms. The summed E-state index contributed by atoms with van der Waals surface area (Å²) in [6.45, 7) is 18.6. The maximum Gasteiger partial charge on any atom is 0.408 e. The third-order valence-electron chi connectivity index (χ3n) is 5.01. The molecule has 0 fully saturated rings. The van der Waals surface area contributed by atoms with E-state index in [0.717, 1.165) is 16.7 Å². The van der Waals surface area contributed by atoms with Gasteiger partial charge in [-0.15, -0.1) is 0 Å². The number of ether oxygens (including phenoxy) is 1. The van der Waals surface area contributed by atoms with Crippen molar-refractivity contribution in [1.82, 2.24) is 15.5 Å². The Morgan fingerprint density at radius 2 is 1.62 bits per heavy atom. The van der Waals surface area contributed by atoms with E-state index in [4.69, 9.17) is 4.74 Å². The second-order valence-electron chi connectivity index (χ2n) is 10.4. The molecule has 7 heteroatoms. The molecular weight excluding hydrogens is 406 g/mol. The molecule has 1 rings (SSSR count). The molecule has 2 N–H and O–H groups in total. The fourth-order valence-electron chi connectivity index (χ4n) is 3.21. The standard InChI is InChI=1S/C25H41N3O4/c1-11-18(4)28(20(29)15-26-23(31)32-25(8,9)10)21(22(30)27-24(5,6)7)19-13-12-16(2)17(3)14-19/h12-14,18,21H,11,15H2,1-10H3,(H,26,31)(H,27,30). The summed E-state index contributed by atoms with van der Waals surface area (Å²) < 4.78 is 5.24. The van der Waals surface area contributed by atoms with E-state index in [-0.39, 0.29) is 24.4 Å². The number of amides is 3. The Kier molecular flexibility index (Phi) is 9.30. The second-order valence-corrected chi connectivity index (χ2v) is 10.4. The SMILES string of the molecule is CCC(C)N(C(=O)CNC(=O)OC(C)(C)C)C(C(=O)NC(C)(C)C)c1ccc(C)c(C)c1. The lowest BCUT2D eigenvalue weighted by atomic mass is 9.96. The van der Waals surface area contributed by atoms with Gasteiger partial charge in [0.1, 0.15) is 18.2 Å². The number of nitrogens with zero attached hydrogens (tertiary/aromatic N) is 1. The fraction of sp³-hybridized carbons (Fsp3) is 0.640. The first-order valence-electron chi connectivity index (χ1n) is 11.2. The van der Waals surface area contributed by atoms with Crippen molar-refractivity contribution < 1.29 is 19.1 Å². The summed E-state index contributed by atoms with van der Waals surface area (Å²) in [6, 6.07) is 4.75. The van der Waals surface area contributed by atoms with Gasteiger partial charge in [-0.25, -0.2) is 4.79 Å². The van der Waals surface area contributed by atoms with Crippen LogP contribution in [0.4, 0.5) is 4.79 Å². The summed E-state index contributed by atoms with van der Waals surface area (Å²) in [5.74, 6) is -0.607. The van der Waals surface area contributed by atoms with Crippen LogP contribution in [0.25, 0.3) is 0 Å². The molecule has 0 heterocycles. The van der Waals surface area contributed by atoms with Crippen LogP contribution in [0.5, 0.6) is 0 Å². The van der Waals surface area contributed by atoms with Crippen molar-refractivity contribution in [2.24, 2.45) is 0 Å². The Morgan fingerprint density at radius 3 is 2.09 bits per heavy atom. The van der Waals surface area contributed by atoms with E-state index in [1.807, 2.05) is 66.7 Å². The van der Waals surface area contributed by atoms with Crippen molar-refractivity contribution in [3.63, 3.8) is 0 Å². The van der Waals surface area contributed by atoms with Crippen molar-refractivity contribution in [1.29, 1.82) is 0 Å². The summed E-state index contributed by atoms with van der Waals surface area (Å²) in [6.07, 6.45) is -0.0145. The maximum atomic E-state index is 13.4. The molecule has 0 saturated carbocycles. The largest absolute Gasteiger partial charge is 0.444 e. The van der Waals surface area contributed by atoms with Crippen LogP contribution in [0.3, 0.4) is 0 Å². The predicted molar refractivity (Wildman–Crippen MR) is 127 cm³/mol. The van der Waals surface area contributed by atoms with Crippen LogP contribution in [0.1, 0.15) is 84.5 Å². The minimum absolute atomic E-state index is 0.222. The minimum Gasteiger partial charge on any atom is -0.444 e. The van der Waals surface area contributed by atoms with Crippen LogP contribution in [0, 0.1) is 13.8 Å². The van der Waals surface area contributed by atoms with E-state index >= 15 is 0 Å². The van der Waals surface area contributed by atoms with Crippen molar-refractivity contribution in [3.05, 3.63) is 34.9 Å². The third kappa shape index (κ3) is 8.52. The number of carbonyl (C=O) groups is 3. The Bertz CT molecular complexity index is 821. The van der Waals surface area contributed by atoms with Crippen molar-refractivity contribution in [2.45, 2.75) is 98.9 Å². The number of aryl methyl sites for hydroxylation is 2. The van der Waals surface area contributed by atoms with Crippen LogP contribution in [-0.2, 0) is 14.3 Å². The minimum atomic E-state index is -0.823. The van der Waals surface area contributed by atoms with Gasteiger partial charge in [0, 0.05) is 11.6 Å². The van der Waals surface area contributed by atoms with Gasteiger partial charge < -0.3 is 20.3 Å². The lowest BCUT2D eigenvalue weighted by Crippen LogP contribution is -2.53. The van der Waals surface area contributed by atoms with Gasteiger partial charge in [-0.1, -0.05) is 25.1 Å². The van der Waals surface area contributed by atoms with E-state index < -0.39 is 23.3 Å². The first-order valence-corrected chi connectivity index (χ1v) is 11.2. The molecule has 0 aromatic heterocycles. The molecular formula is C25H41N3O4. The lowest BCUT2D eigenvalue weighted by Gasteiger charge is -2.37. The summed E-state index contributed by atoms with van der Waals surface area (Å²) in [5.41, 5.74) is 1.75. The zero-order chi connectivity index (χ0) is 24.9. The molecule has 3 amide bonds. The summed E-state index contributed by atoms with van der Waals surface area (Å²) in [7, 11) is 0. The molecule has 2 unspecified atom stereocenters. The molecule has 7 nitrogen and oxygen atoms in total. The zero-order valence-corrected chi connectivity index (χ0v) is 21.4. The second kappa shape index (κ2) is 10.8. The lowest BCUT2D eigenvalue weighted by molar-refractivity contribution is -0.143. The fourth-order valence-corrected chi connectivity index (χ4v) is 3.21. The van der Waals surface area contributed by atoms with E-state index in [2.05, 4.69) is 10.6 Å². The molecule has 1 aromatic carbocycles. The van der Waals surface area contributed by atoms with Crippen LogP contribution < -0.4 is 10.6 Å². The van der Waals surface area contributed by atoms with Crippen molar-refractivity contribution >= 4 is 17.9 Å². The summed E-state index contributed by atoms with van der Waals surface area (Å²) >= 11 is 0. The maximum absolute atomic E-state index is 13.4. The molecule has 0 bridgehead atoms. The molecule has 0 aliphatic heterocycles. The van der Waals surface area contributed by atoms with Crippen molar-refractivity contribution in [2.75, 3.05) is 6.54 Å². The first kappa shape index (κ1) is 27.5. The number of rotatable bonds is 7. The van der Waals surface area contributed by atoms with Crippen molar-refractivity contribution in [3.8, 4) is 0 Å². The van der Waals surface area contributed by atoms with Gasteiger partial charge in [-0.05, 0) is 85.4 Å². The van der Waals surface area contributed by atoms with Crippen LogP contribution in [0.15, 0.2) is 18.2 Å². The first-order chi connectivity index (χ1) is 14.6. The molecule has 0 aliphatic carbocycles. The van der Waals surface area contributed by atoms with Gasteiger partial charge in [-0.2, -0.15) is 0 Å². The molecule has 0 saturated heterocycles. The van der Waals surface area contributed by atoms with E-state index in [1.165, 1.54) is 0 Å². The Labute approximate surface area is 193 Å². The number of nitrogens with one attached hydrogen (secondary N) is 2. The zero-order valence-electron chi connectivity index (χ0n) is 21.4. The molecule has 0 aliphatic rings. The van der Waals surface area contributed by atoms with Gasteiger partial charge in [0.2, 0.25) is 11.8 Å². The van der Waals surface area contributed by atoms with Gasteiger partial charge in [0.05, 0.1) is 0 Å². The molecule has 0 radical (unpaired) electrons. The summed E-state index contributed by atoms with van der Waals surface area (Å²) in [4.78, 5) is 40.4. The average molecular weight is 448 g/mol. The number of carbonyl (C=O) groups excluding carboxylic acids is 3. The highest BCUT2D eigenvalue weighted by Crippen LogP contribution is 2.27. The molecule has 32 heavy (non-hydrogen) atoms. The number of hydrogen-bond acceptors (Lipinski definition) is 4. The van der Waals surface area contributed by atoms with Gasteiger partial charge in [-0.3, -0.25) is 9.59 Å². The Hall–Kier alpha value is -2.57. The van der Waals surface area contributed by atoms with E-state index in [9.17, 15) is 14.4 Å². The van der Waals surface area contributed by atoms with Gasteiger partial charge in [0.15, 0.2) is 0 Å².